The van der Waals surface area contributed by atoms with Crippen molar-refractivity contribution in [2.75, 3.05) is 0 Å². The molecule has 0 aromatic heterocycles. The summed E-state index contributed by atoms with van der Waals surface area (Å²) in [5, 5.41) is 0. The molecule has 0 fully saturated rings. The first kappa shape index (κ1) is 15.7. The molecule has 4 nitrogen and oxygen atoms in total. The van der Waals surface area contributed by atoms with E-state index in [1.165, 1.54) is 0 Å². The molecule has 0 atom stereocenters. The van der Waals surface area contributed by atoms with Crippen molar-refractivity contribution in [3.8, 4) is 0 Å². The Labute approximate surface area is 70.5 Å². The average Bonchev–Trinajstić information content (AvgIpc) is 0.811. The van der Waals surface area contributed by atoms with Gasteiger partial charge in [0.2, 0.25) is 0 Å². The Morgan fingerprint density at radius 2 is 1.50 bits per heavy atom. The van der Waals surface area contributed by atoms with E-state index in [0.29, 0.717) is 0 Å². The van der Waals surface area contributed by atoms with E-state index in [0.717, 1.165) is 0 Å². The summed E-state index contributed by atoms with van der Waals surface area (Å²) < 4.78 is 24.0. The SMILES string of the molecule is O.[Ca+2].[H-].[H-].[O-][Cl+2]([O-])O. The molecule has 0 bridgehead atoms. The predicted octanol–water partition coefficient (Wildman–Crippen LogP) is -3.92. The first-order valence-corrected chi connectivity index (χ1v) is 1.43. The fourth-order valence-corrected chi connectivity index (χ4v) is 0. The molecule has 3 N–H and O–H groups in total. The second-order valence-corrected chi connectivity index (χ2v) is 0.603. The molecular formula is H5CaClO4. The smallest absolute Gasteiger partial charge is 1.00 e. The van der Waals surface area contributed by atoms with Crippen LogP contribution < -0.4 is 9.32 Å². The molecule has 0 saturated heterocycles. The van der Waals surface area contributed by atoms with E-state index in [2.05, 4.69) is 0 Å². The zero-order valence-corrected chi connectivity index (χ0v) is 5.81. The Kier molecular flexibility index (Phi) is 25.1. The summed E-state index contributed by atoms with van der Waals surface area (Å²) >= 11 is 0. The molecule has 0 saturated carbocycles. The predicted molar refractivity (Wildman–Crippen MR) is 13.8 cm³/mol. The van der Waals surface area contributed by atoms with Gasteiger partial charge in [0, 0.05) is 4.66 Å². The van der Waals surface area contributed by atoms with Gasteiger partial charge in [0.05, 0.1) is 0 Å². The third-order valence-corrected chi connectivity index (χ3v) is 0. The molecule has 0 spiro atoms. The summed E-state index contributed by atoms with van der Waals surface area (Å²) in [6.45, 7) is 0. The van der Waals surface area contributed by atoms with E-state index in [9.17, 15) is 0 Å². The van der Waals surface area contributed by atoms with Crippen molar-refractivity contribution in [2.45, 2.75) is 0 Å². The fourth-order valence-electron chi connectivity index (χ4n) is 0. The van der Waals surface area contributed by atoms with Crippen molar-refractivity contribution in [3.63, 3.8) is 0 Å². The number of hydrogen-bond donors (Lipinski definition) is 1. The maximum atomic E-state index is 8.52. The molecule has 6 heavy (non-hydrogen) atoms. The van der Waals surface area contributed by atoms with Gasteiger partial charge >= 0.3 is 37.7 Å². The molecule has 6 heteroatoms. The molecule has 0 radical (unpaired) electrons. The Bertz CT molecular complexity index is 18.8. The van der Waals surface area contributed by atoms with Crippen molar-refractivity contribution in [1.82, 2.24) is 0 Å². The minimum absolute atomic E-state index is 0. The summed E-state index contributed by atoms with van der Waals surface area (Å²) in [5.41, 5.74) is 0. The van der Waals surface area contributed by atoms with Crippen LogP contribution in [-0.2, 0) is 0 Å². The van der Waals surface area contributed by atoms with Crippen molar-refractivity contribution in [1.29, 1.82) is 0 Å². The van der Waals surface area contributed by atoms with Crippen LogP contribution in [0.2, 0.25) is 0 Å². The number of hydrogen-bond acceptors (Lipinski definition) is 3. The van der Waals surface area contributed by atoms with Gasteiger partial charge in [0.15, 0.2) is 0 Å². The van der Waals surface area contributed by atoms with Gasteiger partial charge in [0.25, 0.3) is 10.8 Å². The topological polar surface area (TPSA) is 97.9 Å². The first-order valence-electron chi connectivity index (χ1n) is 0.478. The van der Waals surface area contributed by atoms with Crippen LogP contribution in [0, 0.1) is 10.8 Å². The van der Waals surface area contributed by atoms with Gasteiger partial charge in [-0.25, -0.2) is 0 Å². The summed E-state index contributed by atoms with van der Waals surface area (Å²) in [6, 6.07) is 0. The number of halogens is 1. The minimum atomic E-state index is -2.60. The zero-order chi connectivity index (χ0) is 3.58. The normalized spacial score (nSPS) is 6.00. The quantitative estimate of drug-likeness (QED) is 0.352. The molecule has 0 amide bonds. The van der Waals surface area contributed by atoms with Crippen LogP contribution in [0.5, 0.6) is 0 Å². The second kappa shape index (κ2) is 9.63. The molecule has 0 unspecified atom stereocenters. The van der Waals surface area contributed by atoms with Crippen LogP contribution in [-0.4, -0.2) is 47.9 Å². The maximum absolute atomic E-state index is 8.52. The Morgan fingerprint density at radius 3 is 1.50 bits per heavy atom. The van der Waals surface area contributed by atoms with Crippen molar-refractivity contribution in [2.24, 2.45) is 0 Å². The van der Waals surface area contributed by atoms with E-state index < -0.39 is 10.8 Å². The standard InChI is InChI=1S/Ca.ClHO3.H2O.2H/c;2-1(3)4;;;/h;2H;1H2;;/q+2;;;2*-1. The van der Waals surface area contributed by atoms with Gasteiger partial charge in [-0.15, -0.1) is 0 Å². The summed E-state index contributed by atoms with van der Waals surface area (Å²) in [5.74, 6) is 0. The third kappa shape index (κ3) is 53.8. The van der Waals surface area contributed by atoms with Crippen LogP contribution >= 0.6 is 0 Å². The zero-order valence-electron chi connectivity index (χ0n) is 4.85. The number of rotatable bonds is 0. The van der Waals surface area contributed by atoms with Crippen LogP contribution in [0.1, 0.15) is 2.85 Å². The Balaban J connectivity index is -0.00000000750. The van der Waals surface area contributed by atoms with Crippen LogP contribution in [0.25, 0.3) is 0 Å². The Hall–Kier alpha value is 1.39. The van der Waals surface area contributed by atoms with E-state index in [-0.39, 0.29) is 46.1 Å². The van der Waals surface area contributed by atoms with E-state index in [1.54, 1.807) is 0 Å². The summed E-state index contributed by atoms with van der Waals surface area (Å²) in [7, 11) is -2.60. The molecule has 0 aliphatic rings. The molecule has 0 heterocycles. The monoisotopic (exact) mass is 144 g/mol. The largest absolute Gasteiger partial charge is 2.00 e. The minimum Gasteiger partial charge on any atom is -1.00 e. The summed E-state index contributed by atoms with van der Waals surface area (Å²) in [6.07, 6.45) is 0. The van der Waals surface area contributed by atoms with E-state index >= 15 is 0 Å². The van der Waals surface area contributed by atoms with Gasteiger partial charge in [-0.2, -0.15) is 0 Å². The van der Waals surface area contributed by atoms with Crippen LogP contribution in [0.15, 0.2) is 0 Å². The van der Waals surface area contributed by atoms with Gasteiger partial charge < -0.3 is 17.6 Å². The van der Waals surface area contributed by atoms with E-state index in [4.69, 9.17) is 14.0 Å². The molecule has 0 aromatic rings. The van der Waals surface area contributed by atoms with Gasteiger partial charge in [0.1, 0.15) is 0 Å². The molecular weight excluding hydrogens is 140 g/mol. The molecule has 0 aromatic carbocycles. The van der Waals surface area contributed by atoms with Crippen molar-refractivity contribution < 1.29 is 33.1 Å². The molecule has 38 valence electrons. The maximum Gasteiger partial charge on any atom is 2.00 e. The van der Waals surface area contributed by atoms with Gasteiger partial charge in [-0.1, -0.05) is 0 Å². The summed E-state index contributed by atoms with van der Waals surface area (Å²) in [4.78, 5) is 0. The van der Waals surface area contributed by atoms with Crippen molar-refractivity contribution in [3.05, 3.63) is 0 Å². The van der Waals surface area contributed by atoms with E-state index in [1.807, 2.05) is 0 Å². The second-order valence-electron chi connectivity index (χ2n) is 0.201. The van der Waals surface area contributed by atoms with Gasteiger partial charge in [-0.3, -0.25) is 0 Å². The van der Waals surface area contributed by atoms with Crippen molar-refractivity contribution >= 4 is 37.7 Å². The third-order valence-electron chi connectivity index (χ3n) is 0. The average molecular weight is 145 g/mol. The van der Waals surface area contributed by atoms with Gasteiger partial charge in [-0.05, 0) is 0 Å². The molecule has 0 rings (SSSR count). The van der Waals surface area contributed by atoms with Crippen LogP contribution in [0.4, 0.5) is 0 Å². The fraction of sp³-hybridized carbons (Fsp3) is 0. The molecule has 0 aliphatic carbocycles. The Morgan fingerprint density at radius 1 is 1.50 bits per heavy atom. The first-order chi connectivity index (χ1) is 1.73. The molecule has 0 aliphatic heterocycles. The van der Waals surface area contributed by atoms with Crippen LogP contribution in [0.3, 0.4) is 0 Å².